The number of carbonyl (C=O) groups excluding carboxylic acids is 2. The molecule has 2 amide bonds. The van der Waals surface area contributed by atoms with Crippen molar-refractivity contribution in [2.24, 2.45) is 5.92 Å². The van der Waals surface area contributed by atoms with Crippen molar-refractivity contribution in [1.29, 1.82) is 0 Å². The van der Waals surface area contributed by atoms with Gasteiger partial charge in [-0.05, 0) is 43.2 Å². The molecule has 166 valence electrons. The predicted octanol–water partition coefficient (Wildman–Crippen LogP) is 5.34. The highest BCUT2D eigenvalue weighted by Crippen LogP contribution is 2.31. The largest absolute Gasteiger partial charge is 0.351 e. The standard InChI is InChI=1S/C25H33N3O3/c1-17(2)20-12-6-7-13-21(20)26-24(29)23-15-22(27-31-23)19-11-8-14-28(16-19)25(30)18-9-4-3-5-10-18/h6-7,12-13,15,17-19H,3-5,8-11,14,16H2,1-2H3,(H,26,29)/t19-/m0/s1. The number of amides is 2. The third-order valence-corrected chi connectivity index (χ3v) is 6.69. The maximum atomic E-state index is 13.0. The number of likely N-dealkylation sites (tertiary alicyclic amines) is 1. The fraction of sp³-hybridized carbons (Fsp3) is 0.560. The molecule has 6 heteroatoms. The smallest absolute Gasteiger partial charge is 0.294 e. The Morgan fingerprint density at radius 3 is 2.65 bits per heavy atom. The molecule has 31 heavy (non-hydrogen) atoms. The van der Waals surface area contributed by atoms with Crippen LogP contribution in [0.2, 0.25) is 0 Å². The fourth-order valence-electron chi connectivity index (χ4n) is 4.91. The van der Waals surface area contributed by atoms with E-state index in [1.165, 1.54) is 6.42 Å². The van der Waals surface area contributed by atoms with Gasteiger partial charge in [0.15, 0.2) is 0 Å². The molecule has 2 aliphatic rings. The van der Waals surface area contributed by atoms with E-state index in [2.05, 4.69) is 24.3 Å². The van der Waals surface area contributed by atoms with Gasteiger partial charge in [0, 0.05) is 36.7 Å². The molecule has 1 saturated carbocycles. The van der Waals surface area contributed by atoms with E-state index in [9.17, 15) is 9.59 Å². The van der Waals surface area contributed by atoms with Crippen LogP contribution in [0.1, 0.15) is 92.4 Å². The third kappa shape index (κ3) is 5.00. The van der Waals surface area contributed by atoms with E-state index in [-0.39, 0.29) is 23.5 Å². The first-order valence-electron chi connectivity index (χ1n) is 11.7. The van der Waals surface area contributed by atoms with Crippen LogP contribution in [-0.2, 0) is 4.79 Å². The summed E-state index contributed by atoms with van der Waals surface area (Å²) in [5.41, 5.74) is 2.64. The van der Waals surface area contributed by atoms with Gasteiger partial charge in [0.1, 0.15) is 0 Å². The van der Waals surface area contributed by atoms with Gasteiger partial charge in [0.05, 0.1) is 5.69 Å². The molecule has 1 N–H and O–H groups in total. The Balaban J connectivity index is 1.41. The molecule has 2 aromatic rings. The van der Waals surface area contributed by atoms with Gasteiger partial charge in [-0.1, -0.05) is 56.5 Å². The minimum Gasteiger partial charge on any atom is -0.351 e. The first kappa shape index (κ1) is 21.6. The molecule has 2 fully saturated rings. The lowest BCUT2D eigenvalue weighted by atomic mass is 9.87. The molecule has 1 atom stereocenters. The number of nitrogens with zero attached hydrogens (tertiary/aromatic N) is 2. The Morgan fingerprint density at radius 2 is 1.87 bits per heavy atom. The average Bonchev–Trinajstić information content (AvgIpc) is 3.30. The van der Waals surface area contributed by atoms with Crippen LogP contribution in [-0.4, -0.2) is 35.0 Å². The molecule has 1 aliphatic heterocycles. The van der Waals surface area contributed by atoms with Gasteiger partial charge in [-0.15, -0.1) is 0 Å². The number of carbonyl (C=O) groups is 2. The lowest BCUT2D eigenvalue weighted by Crippen LogP contribution is -2.42. The van der Waals surface area contributed by atoms with Crippen molar-refractivity contribution in [3.8, 4) is 0 Å². The summed E-state index contributed by atoms with van der Waals surface area (Å²) < 4.78 is 5.40. The molecule has 4 rings (SSSR count). The van der Waals surface area contributed by atoms with E-state index in [1.54, 1.807) is 6.07 Å². The molecular weight excluding hydrogens is 390 g/mol. The predicted molar refractivity (Wildman–Crippen MR) is 120 cm³/mol. The van der Waals surface area contributed by atoms with Gasteiger partial charge < -0.3 is 14.7 Å². The van der Waals surface area contributed by atoms with Crippen LogP contribution < -0.4 is 5.32 Å². The van der Waals surface area contributed by atoms with Crippen molar-refractivity contribution >= 4 is 17.5 Å². The number of hydrogen-bond donors (Lipinski definition) is 1. The zero-order valence-electron chi connectivity index (χ0n) is 18.6. The summed E-state index contributed by atoms with van der Waals surface area (Å²) in [6.07, 6.45) is 7.53. The second-order valence-electron chi connectivity index (χ2n) is 9.27. The summed E-state index contributed by atoms with van der Waals surface area (Å²) in [7, 11) is 0. The molecule has 6 nitrogen and oxygen atoms in total. The monoisotopic (exact) mass is 423 g/mol. The van der Waals surface area contributed by atoms with Crippen molar-refractivity contribution in [1.82, 2.24) is 10.1 Å². The highest BCUT2D eigenvalue weighted by Gasteiger charge is 2.31. The quantitative estimate of drug-likeness (QED) is 0.705. The van der Waals surface area contributed by atoms with Crippen LogP contribution in [0.15, 0.2) is 34.9 Å². The minimum absolute atomic E-state index is 0.120. The van der Waals surface area contributed by atoms with Gasteiger partial charge in [-0.2, -0.15) is 0 Å². The Morgan fingerprint density at radius 1 is 1.10 bits per heavy atom. The average molecular weight is 424 g/mol. The number of aromatic nitrogens is 1. The van der Waals surface area contributed by atoms with Crippen molar-refractivity contribution in [2.75, 3.05) is 18.4 Å². The Labute approximate surface area is 184 Å². The summed E-state index contributed by atoms with van der Waals surface area (Å²) in [4.78, 5) is 27.7. The highest BCUT2D eigenvalue weighted by molar-refractivity contribution is 6.02. The van der Waals surface area contributed by atoms with Crippen LogP contribution in [0.3, 0.4) is 0 Å². The molecule has 0 unspecified atom stereocenters. The van der Waals surface area contributed by atoms with Gasteiger partial charge in [0.2, 0.25) is 11.7 Å². The lowest BCUT2D eigenvalue weighted by Gasteiger charge is -2.35. The van der Waals surface area contributed by atoms with Crippen LogP contribution in [0.25, 0.3) is 0 Å². The number of benzene rings is 1. The number of para-hydroxylation sites is 1. The maximum Gasteiger partial charge on any atom is 0.294 e. The SMILES string of the molecule is CC(C)c1ccccc1NC(=O)c1cc([C@H]2CCCN(C(=O)C3CCCCC3)C2)no1. The first-order chi connectivity index (χ1) is 15.0. The zero-order chi connectivity index (χ0) is 21.8. The van der Waals surface area contributed by atoms with E-state index in [4.69, 9.17) is 4.52 Å². The van der Waals surface area contributed by atoms with Crippen LogP contribution in [0, 0.1) is 5.92 Å². The zero-order valence-corrected chi connectivity index (χ0v) is 18.6. The second-order valence-corrected chi connectivity index (χ2v) is 9.27. The minimum atomic E-state index is -0.294. The molecule has 2 heterocycles. The second kappa shape index (κ2) is 9.67. The van der Waals surface area contributed by atoms with Crippen LogP contribution in [0.5, 0.6) is 0 Å². The molecule has 1 aliphatic carbocycles. The van der Waals surface area contributed by atoms with Gasteiger partial charge >= 0.3 is 0 Å². The Bertz CT molecular complexity index is 914. The Kier molecular flexibility index (Phi) is 6.73. The highest BCUT2D eigenvalue weighted by atomic mass is 16.5. The van der Waals surface area contributed by atoms with Gasteiger partial charge in [0.25, 0.3) is 5.91 Å². The van der Waals surface area contributed by atoms with Crippen molar-refractivity contribution in [2.45, 2.75) is 70.6 Å². The van der Waals surface area contributed by atoms with Crippen LogP contribution in [0.4, 0.5) is 5.69 Å². The summed E-state index contributed by atoms with van der Waals surface area (Å²) in [5.74, 6) is 0.830. The van der Waals surface area contributed by atoms with E-state index in [1.807, 2.05) is 29.2 Å². The number of nitrogens with one attached hydrogen (secondary N) is 1. The number of hydrogen-bond acceptors (Lipinski definition) is 4. The normalized spacial score (nSPS) is 20.1. The summed E-state index contributed by atoms with van der Waals surface area (Å²) in [5, 5.41) is 7.15. The first-order valence-corrected chi connectivity index (χ1v) is 11.7. The van der Waals surface area contributed by atoms with E-state index < -0.39 is 0 Å². The maximum absolute atomic E-state index is 13.0. The topological polar surface area (TPSA) is 75.4 Å². The molecule has 1 aromatic heterocycles. The Hall–Kier alpha value is -2.63. The molecule has 0 radical (unpaired) electrons. The van der Waals surface area contributed by atoms with E-state index >= 15 is 0 Å². The molecule has 1 saturated heterocycles. The summed E-state index contributed by atoms with van der Waals surface area (Å²) in [6, 6.07) is 9.55. The molecule has 0 bridgehead atoms. The van der Waals surface area contributed by atoms with E-state index in [0.717, 1.165) is 62.0 Å². The van der Waals surface area contributed by atoms with Crippen molar-refractivity contribution in [3.63, 3.8) is 0 Å². The molecule has 1 aromatic carbocycles. The van der Waals surface area contributed by atoms with E-state index in [0.29, 0.717) is 18.4 Å². The fourth-order valence-corrected chi connectivity index (χ4v) is 4.91. The van der Waals surface area contributed by atoms with Crippen molar-refractivity contribution < 1.29 is 14.1 Å². The summed E-state index contributed by atoms with van der Waals surface area (Å²) in [6.45, 7) is 5.68. The summed E-state index contributed by atoms with van der Waals surface area (Å²) >= 11 is 0. The van der Waals surface area contributed by atoms with Gasteiger partial charge in [-0.25, -0.2) is 0 Å². The number of rotatable bonds is 5. The van der Waals surface area contributed by atoms with Gasteiger partial charge in [-0.3, -0.25) is 9.59 Å². The molecule has 0 spiro atoms. The third-order valence-electron chi connectivity index (χ3n) is 6.69. The number of piperidine rings is 1. The van der Waals surface area contributed by atoms with Crippen LogP contribution >= 0.6 is 0 Å². The number of anilines is 1. The van der Waals surface area contributed by atoms with Crippen molar-refractivity contribution in [3.05, 3.63) is 47.3 Å². The molecular formula is C25H33N3O3. The lowest BCUT2D eigenvalue weighted by molar-refractivity contribution is -0.137.